The van der Waals surface area contributed by atoms with Crippen LogP contribution in [0.5, 0.6) is 0 Å². The van der Waals surface area contributed by atoms with Crippen LogP contribution in [-0.2, 0) is 9.53 Å². The summed E-state index contributed by atoms with van der Waals surface area (Å²) in [4.78, 5) is 41.3. The molecule has 1 aromatic heterocycles. The van der Waals surface area contributed by atoms with Crippen molar-refractivity contribution in [2.24, 2.45) is 4.99 Å². The summed E-state index contributed by atoms with van der Waals surface area (Å²) in [5.41, 5.74) is 0. The number of nitrogens with zero attached hydrogens (tertiary/aromatic N) is 4. The van der Waals surface area contributed by atoms with E-state index in [0.29, 0.717) is 29.0 Å². The lowest BCUT2D eigenvalue weighted by Gasteiger charge is -2.41. The summed E-state index contributed by atoms with van der Waals surface area (Å²) in [5, 5.41) is 4.32. The zero-order valence-corrected chi connectivity index (χ0v) is 21.5. The van der Waals surface area contributed by atoms with Crippen LogP contribution in [0.4, 0.5) is 4.79 Å². The van der Waals surface area contributed by atoms with E-state index in [1.807, 2.05) is 0 Å². The number of carbonyl (C=O) groups excluding carboxylic acids is 2. The molecule has 3 aliphatic rings. The molecule has 0 aromatic carbocycles. The number of carbonyl (C=O) groups is 2. The minimum absolute atomic E-state index is 0.0402. The average molecular weight is 506 g/mol. The normalized spacial score (nSPS) is 23.9. The van der Waals surface area contributed by atoms with Crippen LogP contribution in [0.25, 0.3) is 0 Å². The number of urea groups is 1. The third-order valence-corrected chi connectivity index (χ3v) is 9.18. The van der Waals surface area contributed by atoms with Gasteiger partial charge in [-0.05, 0) is 38.7 Å². The summed E-state index contributed by atoms with van der Waals surface area (Å²) >= 11 is 2.95. The quantitative estimate of drug-likeness (QED) is 0.411. The van der Waals surface area contributed by atoms with Gasteiger partial charge in [-0.2, -0.15) is 0 Å². The number of rotatable bonds is 7. The summed E-state index contributed by atoms with van der Waals surface area (Å²) in [7, 11) is 0. The van der Waals surface area contributed by atoms with Gasteiger partial charge in [0.05, 0.1) is 23.7 Å². The van der Waals surface area contributed by atoms with Gasteiger partial charge in [0, 0.05) is 24.5 Å². The molecule has 10 heteroatoms. The molecule has 2 saturated carbocycles. The van der Waals surface area contributed by atoms with Gasteiger partial charge in [0.25, 0.3) is 0 Å². The van der Waals surface area contributed by atoms with E-state index in [1.165, 1.54) is 62.0 Å². The van der Waals surface area contributed by atoms with E-state index in [2.05, 4.69) is 20.2 Å². The molecule has 4 rings (SSSR count). The summed E-state index contributed by atoms with van der Waals surface area (Å²) in [6.07, 6.45) is 15.2. The largest absolute Gasteiger partial charge is 0.466 e. The smallest absolute Gasteiger partial charge is 0.323 e. The van der Waals surface area contributed by atoms with Crippen LogP contribution < -0.4 is 5.32 Å². The van der Waals surface area contributed by atoms with Crippen molar-refractivity contribution in [3.63, 3.8) is 0 Å². The van der Waals surface area contributed by atoms with Crippen molar-refractivity contribution in [3.05, 3.63) is 18.5 Å². The first-order valence-corrected chi connectivity index (χ1v) is 14.3. The van der Waals surface area contributed by atoms with Crippen LogP contribution in [0.3, 0.4) is 0 Å². The Bertz CT molecular complexity index is 826. The molecule has 2 atom stereocenters. The van der Waals surface area contributed by atoms with E-state index in [-0.39, 0.29) is 29.0 Å². The SMILES string of the molecule is CCOC(=O)CC1N=C(NC(=O)N(C2CCCCC2)C2CCCCC2)SC1Sc1ncccn1. The molecule has 1 aromatic rings. The first-order chi connectivity index (χ1) is 16.6. The van der Waals surface area contributed by atoms with Gasteiger partial charge in [0.15, 0.2) is 10.3 Å². The number of thioether (sulfide) groups is 2. The van der Waals surface area contributed by atoms with Crippen molar-refractivity contribution in [2.45, 2.75) is 105 Å². The van der Waals surface area contributed by atoms with Crippen molar-refractivity contribution in [1.82, 2.24) is 20.2 Å². The molecule has 1 aliphatic heterocycles. The Morgan fingerprint density at radius 3 is 2.26 bits per heavy atom. The third-order valence-electron chi connectivity index (χ3n) is 6.65. The first kappa shape index (κ1) is 25.3. The molecule has 0 radical (unpaired) electrons. The summed E-state index contributed by atoms with van der Waals surface area (Å²) < 4.78 is 5.05. The van der Waals surface area contributed by atoms with Crippen molar-refractivity contribution >= 4 is 40.7 Å². The Kier molecular flexibility index (Phi) is 9.49. The Morgan fingerprint density at radius 2 is 1.68 bits per heavy atom. The van der Waals surface area contributed by atoms with Crippen LogP contribution in [0, 0.1) is 0 Å². The number of esters is 1. The van der Waals surface area contributed by atoms with E-state index >= 15 is 0 Å². The predicted octanol–water partition coefficient (Wildman–Crippen LogP) is 5.00. The number of hydrogen-bond donors (Lipinski definition) is 1. The van der Waals surface area contributed by atoms with Crippen molar-refractivity contribution in [3.8, 4) is 0 Å². The van der Waals surface area contributed by atoms with Crippen LogP contribution in [0.2, 0.25) is 0 Å². The fourth-order valence-corrected chi connectivity index (χ4v) is 7.45. The van der Waals surface area contributed by atoms with E-state index < -0.39 is 0 Å². The Balaban J connectivity index is 1.46. The van der Waals surface area contributed by atoms with Crippen LogP contribution in [-0.4, -0.2) is 61.4 Å². The van der Waals surface area contributed by atoms with Gasteiger partial charge in [-0.1, -0.05) is 62.0 Å². The Morgan fingerprint density at radius 1 is 1.06 bits per heavy atom. The fraction of sp³-hybridized carbons (Fsp3) is 0.708. The van der Waals surface area contributed by atoms with E-state index in [0.717, 1.165) is 25.7 Å². The van der Waals surface area contributed by atoms with Gasteiger partial charge in [0.2, 0.25) is 0 Å². The van der Waals surface area contributed by atoms with Crippen LogP contribution in [0.15, 0.2) is 28.6 Å². The molecule has 2 heterocycles. The molecule has 34 heavy (non-hydrogen) atoms. The number of amidine groups is 1. The van der Waals surface area contributed by atoms with E-state index in [9.17, 15) is 9.59 Å². The molecule has 0 spiro atoms. The molecule has 0 bridgehead atoms. The zero-order valence-electron chi connectivity index (χ0n) is 19.9. The highest BCUT2D eigenvalue weighted by Gasteiger charge is 2.37. The molecule has 2 unspecified atom stereocenters. The van der Waals surface area contributed by atoms with Crippen molar-refractivity contribution < 1.29 is 14.3 Å². The average Bonchev–Trinajstić information content (AvgIpc) is 3.21. The van der Waals surface area contributed by atoms with Gasteiger partial charge < -0.3 is 9.64 Å². The molecule has 186 valence electrons. The molecule has 8 nitrogen and oxygen atoms in total. The third kappa shape index (κ3) is 6.87. The highest BCUT2D eigenvalue weighted by Crippen LogP contribution is 2.39. The fourth-order valence-electron chi connectivity index (χ4n) is 5.08. The second kappa shape index (κ2) is 12.8. The van der Waals surface area contributed by atoms with Gasteiger partial charge in [-0.25, -0.2) is 14.8 Å². The summed E-state index contributed by atoms with van der Waals surface area (Å²) in [6, 6.07) is 2.03. The highest BCUT2D eigenvalue weighted by molar-refractivity contribution is 8.25. The van der Waals surface area contributed by atoms with Gasteiger partial charge in [-0.15, -0.1) is 0 Å². The number of nitrogens with one attached hydrogen (secondary N) is 1. The Labute approximate surface area is 210 Å². The molecule has 1 N–H and O–H groups in total. The molecule has 2 fully saturated rings. The number of amides is 2. The maximum Gasteiger partial charge on any atom is 0.323 e. The first-order valence-electron chi connectivity index (χ1n) is 12.6. The minimum atomic E-state index is -0.314. The molecule has 0 saturated heterocycles. The maximum atomic E-state index is 13.6. The van der Waals surface area contributed by atoms with Crippen molar-refractivity contribution in [2.75, 3.05) is 6.61 Å². The van der Waals surface area contributed by atoms with E-state index in [1.54, 1.807) is 25.4 Å². The van der Waals surface area contributed by atoms with Gasteiger partial charge in [-0.3, -0.25) is 15.1 Å². The molecular weight excluding hydrogens is 470 g/mol. The lowest BCUT2D eigenvalue weighted by atomic mass is 9.89. The zero-order chi connectivity index (χ0) is 23.8. The maximum absolute atomic E-state index is 13.6. The van der Waals surface area contributed by atoms with Crippen molar-refractivity contribution in [1.29, 1.82) is 0 Å². The van der Waals surface area contributed by atoms with Gasteiger partial charge in [0.1, 0.15) is 0 Å². The number of hydrogen-bond acceptors (Lipinski definition) is 8. The minimum Gasteiger partial charge on any atom is -0.466 e. The molecule has 2 amide bonds. The number of aromatic nitrogens is 2. The number of aliphatic imine (C=N–C) groups is 1. The summed E-state index contributed by atoms with van der Waals surface area (Å²) in [6.45, 7) is 2.13. The number of ether oxygens (including phenoxy) is 1. The van der Waals surface area contributed by atoms with Crippen LogP contribution >= 0.6 is 23.5 Å². The molecule has 2 aliphatic carbocycles. The second-order valence-corrected chi connectivity index (χ2v) is 11.6. The lowest BCUT2D eigenvalue weighted by Crippen LogP contribution is -2.53. The molecular formula is C24H35N5O3S2. The standard InChI is InChI=1S/C24H35N5O3S2/c1-2-32-20(30)16-19-21(33-22-25-14-9-15-26-22)34-23(27-19)28-24(31)29(17-10-5-3-6-11-17)18-12-7-4-8-13-18/h9,14-15,17-19,21H,2-8,10-13,16H2,1H3,(H,27,28,31). The topological polar surface area (TPSA) is 96.8 Å². The summed E-state index contributed by atoms with van der Waals surface area (Å²) in [5.74, 6) is -0.282. The van der Waals surface area contributed by atoms with Gasteiger partial charge >= 0.3 is 12.0 Å². The van der Waals surface area contributed by atoms with Crippen LogP contribution in [0.1, 0.15) is 77.6 Å². The monoisotopic (exact) mass is 505 g/mol. The second-order valence-electron chi connectivity index (χ2n) is 9.07. The highest BCUT2D eigenvalue weighted by atomic mass is 32.2. The predicted molar refractivity (Wildman–Crippen MR) is 136 cm³/mol. The Hall–Kier alpha value is -1.81. The van der Waals surface area contributed by atoms with E-state index in [4.69, 9.17) is 9.73 Å². The lowest BCUT2D eigenvalue weighted by molar-refractivity contribution is -0.143.